The molecule has 4 heteroatoms. The molecule has 3 nitrogen and oxygen atoms in total. The second kappa shape index (κ2) is 8.17. The van der Waals surface area contributed by atoms with Crippen LogP contribution in [0.1, 0.15) is 35.7 Å². The number of esters is 1. The highest BCUT2D eigenvalue weighted by Gasteiger charge is 2.08. The molecule has 0 fully saturated rings. The van der Waals surface area contributed by atoms with Crippen molar-refractivity contribution in [2.75, 3.05) is 6.61 Å². The van der Waals surface area contributed by atoms with Crippen LogP contribution in [0.3, 0.4) is 0 Å². The predicted octanol–water partition coefficient (Wildman–Crippen LogP) is 4.36. The second-order valence-corrected chi connectivity index (χ2v) is 4.93. The molecular weight excluding hydrogens is 283 g/mol. The van der Waals surface area contributed by atoms with Gasteiger partial charge in [0, 0.05) is 0 Å². The van der Waals surface area contributed by atoms with Gasteiger partial charge in [-0.05, 0) is 42.3 Å². The van der Waals surface area contributed by atoms with Crippen molar-refractivity contribution in [3.05, 3.63) is 65.5 Å². The van der Waals surface area contributed by atoms with Gasteiger partial charge in [-0.1, -0.05) is 31.5 Å². The van der Waals surface area contributed by atoms with E-state index in [1.54, 1.807) is 36.4 Å². The second-order valence-electron chi connectivity index (χ2n) is 4.93. The molecule has 0 aliphatic rings. The van der Waals surface area contributed by atoms with Gasteiger partial charge in [-0.2, -0.15) is 0 Å². The van der Waals surface area contributed by atoms with Gasteiger partial charge in [0.2, 0.25) is 0 Å². The molecule has 0 bridgehead atoms. The third-order valence-corrected chi connectivity index (χ3v) is 3.12. The minimum absolute atomic E-state index is 0.277. The molecule has 2 rings (SSSR count). The number of unbranched alkanes of at least 4 members (excludes halogenated alkanes) is 1. The first-order valence-corrected chi connectivity index (χ1v) is 7.33. The fraction of sp³-hybridized carbons (Fsp3) is 0.278. The zero-order valence-corrected chi connectivity index (χ0v) is 12.5. The summed E-state index contributed by atoms with van der Waals surface area (Å²) in [6.45, 7) is 2.78. The maximum absolute atomic E-state index is 12.8. The average molecular weight is 302 g/mol. The van der Waals surface area contributed by atoms with Crippen molar-refractivity contribution in [2.24, 2.45) is 0 Å². The van der Waals surface area contributed by atoms with E-state index in [0.717, 1.165) is 18.4 Å². The van der Waals surface area contributed by atoms with Crippen LogP contribution < -0.4 is 4.74 Å². The summed E-state index contributed by atoms with van der Waals surface area (Å²) in [5.74, 6) is -0.0458. The highest BCUT2D eigenvalue weighted by Crippen LogP contribution is 2.16. The van der Waals surface area contributed by atoms with Crippen molar-refractivity contribution < 1.29 is 18.7 Å². The highest BCUT2D eigenvalue weighted by atomic mass is 19.1. The molecule has 0 N–H and O–H groups in total. The van der Waals surface area contributed by atoms with Crippen LogP contribution in [0.4, 0.5) is 4.39 Å². The van der Waals surface area contributed by atoms with E-state index in [9.17, 15) is 9.18 Å². The van der Waals surface area contributed by atoms with E-state index < -0.39 is 0 Å². The molecule has 116 valence electrons. The highest BCUT2D eigenvalue weighted by molar-refractivity contribution is 5.89. The van der Waals surface area contributed by atoms with Crippen LogP contribution in [0.15, 0.2) is 48.5 Å². The molecule has 0 unspecified atom stereocenters. The topological polar surface area (TPSA) is 35.5 Å². The van der Waals surface area contributed by atoms with Crippen molar-refractivity contribution in [3.63, 3.8) is 0 Å². The summed E-state index contributed by atoms with van der Waals surface area (Å²) in [7, 11) is 0. The SMILES string of the molecule is CCCCOC(=O)c1cccc(OCc2ccc(F)cc2)c1. The van der Waals surface area contributed by atoms with Crippen molar-refractivity contribution in [1.82, 2.24) is 0 Å². The maximum Gasteiger partial charge on any atom is 0.338 e. The summed E-state index contributed by atoms with van der Waals surface area (Å²) >= 11 is 0. The van der Waals surface area contributed by atoms with E-state index in [4.69, 9.17) is 9.47 Å². The first-order valence-electron chi connectivity index (χ1n) is 7.33. The molecule has 0 heterocycles. The quantitative estimate of drug-likeness (QED) is 0.563. The lowest BCUT2D eigenvalue weighted by molar-refractivity contribution is 0.0499. The van der Waals surface area contributed by atoms with Gasteiger partial charge in [-0.3, -0.25) is 0 Å². The number of carbonyl (C=O) groups excluding carboxylic acids is 1. The molecule has 0 saturated carbocycles. The third kappa shape index (κ3) is 4.88. The summed E-state index contributed by atoms with van der Waals surface area (Å²) < 4.78 is 23.6. The van der Waals surface area contributed by atoms with E-state index in [2.05, 4.69) is 0 Å². The smallest absolute Gasteiger partial charge is 0.338 e. The lowest BCUT2D eigenvalue weighted by Gasteiger charge is -2.08. The van der Waals surface area contributed by atoms with Crippen molar-refractivity contribution >= 4 is 5.97 Å². The minimum atomic E-state index is -0.347. The molecule has 2 aromatic carbocycles. The largest absolute Gasteiger partial charge is 0.489 e. The predicted molar refractivity (Wildman–Crippen MR) is 82.4 cm³/mol. The number of benzene rings is 2. The zero-order valence-electron chi connectivity index (χ0n) is 12.5. The van der Waals surface area contributed by atoms with Gasteiger partial charge in [0.25, 0.3) is 0 Å². The molecule has 0 amide bonds. The lowest BCUT2D eigenvalue weighted by Crippen LogP contribution is -2.06. The fourth-order valence-electron chi connectivity index (χ4n) is 1.85. The summed E-state index contributed by atoms with van der Waals surface area (Å²) in [6.07, 6.45) is 1.83. The Hall–Kier alpha value is -2.36. The standard InChI is InChI=1S/C18H19FO3/c1-2-3-11-21-18(20)15-5-4-6-17(12-15)22-13-14-7-9-16(19)10-8-14/h4-10,12H,2-3,11,13H2,1H3. The Labute approximate surface area is 129 Å². The van der Waals surface area contributed by atoms with E-state index >= 15 is 0 Å². The molecule has 0 aliphatic heterocycles. The number of ether oxygens (including phenoxy) is 2. The van der Waals surface area contributed by atoms with Crippen LogP contribution in [0.2, 0.25) is 0 Å². The number of hydrogen-bond acceptors (Lipinski definition) is 3. The van der Waals surface area contributed by atoms with E-state index in [-0.39, 0.29) is 11.8 Å². The molecule has 0 atom stereocenters. The molecule has 0 spiro atoms. The molecule has 22 heavy (non-hydrogen) atoms. The van der Waals surface area contributed by atoms with Gasteiger partial charge in [0.1, 0.15) is 18.2 Å². The molecule has 2 aromatic rings. The first-order chi connectivity index (χ1) is 10.7. The Morgan fingerprint density at radius 1 is 1.14 bits per heavy atom. The summed E-state index contributed by atoms with van der Waals surface area (Å²) in [4.78, 5) is 11.9. The van der Waals surface area contributed by atoms with Crippen molar-refractivity contribution in [3.8, 4) is 5.75 Å². The Morgan fingerprint density at radius 2 is 1.91 bits per heavy atom. The van der Waals surface area contributed by atoms with Crippen LogP contribution in [0.5, 0.6) is 5.75 Å². The number of rotatable bonds is 7. The Bertz CT molecular complexity index is 608. The van der Waals surface area contributed by atoms with Crippen molar-refractivity contribution in [1.29, 1.82) is 0 Å². The summed E-state index contributed by atoms with van der Waals surface area (Å²) in [6, 6.07) is 13.0. The van der Waals surface area contributed by atoms with Gasteiger partial charge < -0.3 is 9.47 Å². The Balaban J connectivity index is 1.93. The van der Waals surface area contributed by atoms with E-state index in [1.807, 2.05) is 6.92 Å². The van der Waals surface area contributed by atoms with Crippen molar-refractivity contribution in [2.45, 2.75) is 26.4 Å². The molecule has 0 aliphatic carbocycles. The first kappa shape index (κ1) is 16.0. The minimum Gasteiger partial charge on any atom is -0.489 e. The number of hydrogen-bond donors (Lipinski definition) is 0. The normalized spacial score (nSPS) is 10.3. The van der Waals surface area contributed by atoms with E-state index in [1.165, 1.54) is 12.1 Å². The zero-order chi connectivity index (χ0) is 15.8. The molecule has 0 radical (unpaired) electrons. The molecule has 0 saturated heterocycles. The monoisotopic (exact) mass is 302 g/mol. The van der Waals surface area contributed by atoms with Crippen LogP contribution >= 0.6 is 0 Å². The summed E-state index contributed by atoms with van der Waals surface area (Å²) in [5, 5.41) is 0. The Kier molecular flexibility index (Phi) is 5.95. The summed E-state index contributed by atoms with van der Waals surface area (Å²) in [5.41, 5.74) is 1.32. The van der Waals surface area contributed by atoms with Gasteiger partial charge in [0.15, 0.2) is 0 Å². The average Bonchev–Trinajstić information content (AvgIpc) is 2.55. The third-order valence-electron chi connectivity index (χ3n) is 3.12. The van der Waals surface area contributed by atoms with Gasteiger partial charge in [0.05, 0.1) is 12.2 Å². The van der Waals surface area contributed by atoms with E-state index in [0.29, 0.717) is 24.5 Å². The van der Waals surface area contributed by atoms with Gasteiger partial charge in [-0.15, -0.1) is 0 Å². The van der Waals surface area contributed by atoms with Crippen LogP contribution in [-0.2, 0) is 11.3 Å². The van der Waals surface area contributed by atoms with Crippen LogP contribution in [-0.4, -0.2) is 12.6 Å². The fourth-order valence-corrected chi connectivity index (χ4v) is 1.85. The lowest BCUT2D eigenvalue weighted by atomic mass is 10.2. The Morgan fingerprint density at radius 3 is 2.64 bits per heavy atom. The maximum atomic E-state index is 12.8. The van der Waals surface area contributed by atoms with Gasteiger partial charge >= 0.3 is 5.97 Å². The van der Waals surface area contributed by atoms with Gasteiger partial charge in [-0.25, -0.2) is 9.18 Å². The van der Waals surface area contributed by atoms with Crippen LogP contribution in [0.25, 0.3) is 0 Å². The number of carbonyl (C=O) groups is 1. The molecule has 0 aromatic heterocycles. The number of halogens is 1. The molecular formula is C18H19FO3. The van der Waals surface area contributed by atoms with Crippen LogP contribution in [0, 0.1) is 5.82 Å².